The van der Waals surface area contributed by atoms with E-state index in [0.29, 0.717) is 11.6 Å². The number of nitrogens with zero attached hydrogens (tertiary/aromatic N) is 1. The number of aromatic nitrogens is 1. The van der Waals surface area contributed by atoms with Gasteiger partial charge in [0.05, 0.1) is 11.4 Å². The van der Waals surface area contributed by atoms with Gasteiger partial charge in [0, 0.05) is 6.07 Å². The van der Waals surface area contributed by atoms with Crippen molar-refractivity contribution in [3.05, 3.63) is 47.2 Å². The molecule has 0 aliphatic carbocycles. The molecule has 20 heavy (non-hydrogen) atoms. The van der Waals surface area contributed by atoms with Crippen LogP contribution in [0.3, 0.4) is 0 Å². The Balaban J connectivity index is 2.28. The highest BCUT2D eigenvalue weighted by Gasteiger charge is 2.15. The van der Waals surface area contributed by atoms with E-state index in [9.17, 15) is 0 Å². The van der Waals surface area contributed by atoms with Crippen LogP contribution in [0.1, 0.15) is 37.6 Å². The van der Waals surface area contributed by atoms with Crippen LogP contribution in [0.4, 0.5) is 5.69 Å². The fourth-order valence-electron chi connectivity index (χ4n) is 1.95. The van der Waals surface area contributed by atoms with Gasteiger partial charge in [-0.15, -0.1) is 0 Å². The lowest BCUT2D eigenvalue weighted by atomic mass is 9.86. The van der Waals surface area contributed by atoms with Crippen LogP contribution in [0.5, 0.6) is 11.6 Å². The number of rotatable bonds is 2. The summed E-state index contributed by atoms with van der Waals surface area (Å²) in [6.07, 6.45) is 0. The third-order valence-corrected chi connectivity index (χ3v) is 3.36. The normalized spacial score (nSPS) is 11.4. The molecule has 0 bridgehead atoms. The minimum atomic E-state index is 0.138. The van der Waals surface area contributed by atoms with Crippen molar-refractivity contribution in [2.45, 2.75) is 40.0 Å². The Morgan fingerprint density at radius 3 is 2.30 bits per heavy atom. The molecule has 1 aromatic heterocycles. The summed E-state index contributed by atoms with van der Waals surface area (Å²) in [7, 11) is 0. The Kier molecular flexibility index (Phi) is 3.71. The van der Waals surface area contributed by atoms with Crippen LogP contribution in [0.2, 0.25) is 0 Å². The summed E-state index contributed by atoms with van der Waals surface area (Å²) in [5.74, 6) is 1.40. The highest BCUT2D eigenvalue weighted by atomic mass is 16.5. The lowest BCUT2D eigenvalue weighted by Gasteiger charge is -2.20. The second-order valence-electron chi connectivity index (χ2n) is 6.16. The van der Waals surface area contributed by atoms with E-state index in [2.05, 4.69) is 44.8 Å². The fourth-order valence-corrected chi connectivity index (χ4v) is 1.95. The van der Waals surface area contributed by atoms with Crippen molar-refractivity contribution >= 4 is 5.69 Å². The van der Waals surface area contributed by atoms with E-state index in [-0.39, 0.29) is 5.41 Å². The first-order chi connectivity index (χ1) is 9.27. The van der Waals surface area contributed by atoms with Crippen LogP contribution in [0.25, 0.3) is 0 Å². The zero-order valence-electron chi connectivity index (χ0n) is 12.8. The molecular weight excluding hydrogens is 248 g/mol. The summed E-state index contributed by atoms with van der Waals surface area (Å²) >= 11 is 0. The first kappa shape index (κ1) is 14.4. The molecular formula is C17H22N2O. The molecule has 0 amide bonds. The predicted molar refractivity (Wildman–Crippen MR) is 83.3 cm³/mol. The van der Waals surface area contributed by atoms with Crippen LogP contribution >= 0.6 is 0 Å². The van der Waals surface area contributed by atoms with Gasteiger partial charge >= 0.3 is 0 Å². The monoisotopic (exact) mass is 270 g/mol. The highest BCUT2D eigenvalue weighted by Crippen LogP contribution is 2.30. The van der Waals surface area contributed by atoms with Gasteiger partial charge in [0.2, 0.25) is 5.88 Å². The number of nitrogen functional groups attached to an aromatic ring is 1. The van der Waals surface area contributed by atoms with Gasteiger partial charge in [-0.1, -0.05) is 32.9 Å². The van der Waals surface area contributed by atoms with E-state index in [0.717, 1.165) is 17.0 Å². The number of hydrogen-bond donors (Lipinski definition) is 1. The Morgan fingerprint density at radius 1 is 1.05 bits per heavy atom. The van der Waals surface area contributed by atoms with Gasteiger partial charge < -0.3 is 10.5 Å². The number of nitrogens with two attached hydrogens (primary N) is 1. The van der Waals surface area contributed by atoms with E-state index in [1.807, 2.05) is 19.1 Å². The van der Waals surface area contributed by atoms with Gasteiger partial charge in [0.1, 0.15) is 5.75 Å². The molecule has 106 valence electrons. The van der Waals surface area contributed by atoms with E-state index < -0.39 is 0 Å². The van der Waals surface area contributed by atoms with Crippen molar-refractivity contribution in [1.29, 1.82) is 0 Å². The molecule has 3 nitrogen and oxygen atoms in total. The Labute approximate surface area is 120 Å². The van der Waals surface area contributed by atoms with Gasteiger partial charge in [-0.25, -0.2) is 4.98 Å². The minimum Gasteiger partial charge on any atom is -0.439 e. The largest absolute Gasteiger partial charge is 0.439 e. The maximum atomic E-state index is 5.85. The Hall–Kier alpha value is -2.03. The fraction of sp³-hybridized carbons (Fsp3) is 0.353. The summed E-state index contributed by atoms with van der Waals surface area (Å²) in [4.78, 5) is 4.33. The smallest absolute Gasteiger partial charge is 0.219 e. The van der Waals surface area contributed by atoms with E-state index in [4.69, 9.17) is 10.5 Å². The second kappa shape index (κ2) is 5.16. The van der Waals surface area contributed by atoms with Crippen molar-refractivity contribution in [3.63, 3.8) is 0 Å². The summed E-state index contributed by atoms with van der Waals surface area (Å²) in [6.45, 7) is 10.5. The highest BCUT2D eigenvalue weighted by molar-refractivity contribution is 5.45. The number of hydrogen-bond acceptors (Lipinski definition) is 3. The molecule has 0 saturated carbocycles. The van der Waals surface area contributed by atoms with Crippen LogP contribution in [-0.4, -0.2) is 4.98 Å². The molecule has 0 radical (unpaired) electrons. The van der Waals surface area contributed by atoms with Crippen molar-refractivity contribution in [2.75, 3.05) is 5.73 Å². The molecule has 0 fully saturated rings. The standard InChI is InChI=1S/C17H22N2O/c1-11-10-13(17(3,4)5)6-8-15(11)20-16-9-7-14(18)12(2)19-16/h6-10H,18H2,1-5H3. The zero-order valence-corrected chi connectivity index (χ0v) is 12.8. The summed E-state index contributed by atoms with van der Waals surface area (Å²) in [5, 5.41) is 0. The van der Waals surface area contributed by atoms with Gasteiger partial charge in [-0.05, 0) is 42.5 Å². The number of pyridine rings is 1. The summed E-state index contributed by atoms with van der Waals surface area (Å²) in [5.41, 5.74) is 9.76. The second-order valence-corrected chi connectivity index (χ2v) is 6.16. The third-order valence-electron chi connectivity index (χ3n) is 3.36. The van der Waals surface area contributed by atoms with Gasteiger partial charge in [0.25, 0.3) is 0 Å². The van der Waals surface area contributed by atoms with Crippen molar-refractivity contribution in [3.8, 4) is 11.6 Å². The first-order valence-corrected chi connectivity index (χ1v) is 6.79. The van der Waals surface area contributed by atoms with E-state index in [1.165, 1.54) is 5.56 Å². The van der Waals surface area contributed by atoms with Crippen molar-refractivity contribution in [1.82, 2.24) is 4.98 Å². The van der Waals surface area contributed by atoms with Gasteiger partial charge in [-0.3, -0.25) is 0 Å². The molecule has 1 heterocycles. The lowest BCUT2D eigenvalue weighted by Crippen LogP contribution is -2.11. The van der Waals surface area contributed by atoms with Gasteiger partial charge in [0.15, 0.2) is 0 Å². The molecule has 1 aromatic carbocycles. The quantitative estimate of drug-likeness (QED) is 0.881. The SMILES string of the molecule is Cc1cc(C(C)(C)C)ccc1Oc1ccc(N)c(C)n1. The molecule has 0 aliphatic heterocycles. The molecule has 0 aliphatic rings. The van der Waals surface area contributed by atoms with E-state index in [1.54, 1.807) is 6.07 Å². The topological polar surface area (TPSA) is 48.1 Å². The van der Waals surface area contributed by atoms with Gasteiger partial charge in [-0.2, -0.15) is 0 Å². The maximum absolute atomic E-state index is 5.85. The summed E-state index contributed by atoms with van der Waals surface area (Å²) in [6, 6.07) is 9.88. The first-order valence-electron chi connectivity index (χ1n) is 6.79. The number of ether oxygens (including phenoxy) is 1. The molecule has 2 rings (SSSR count). The number of anilines is 1. The Bertz CT molecular complexity index is 627. The van der Waals surface area contributed by atoms with Crippen molar-refractivity contribution in [2.24, 2.45) is 0 Å². The molecule has 0 saturated heterocycles. The molecule has 0 atom stereocenters. The molecule has 2 aromatic rings. The molecule has 0 unspecified atom stereocenters. The predicted octanol–water partition coefficient (Wildman–Crippen LogP) is 4.37. The lowest BCUT2D eigenvalue weighted by molar-refractivity contribution is 0.457. The minimum absolute atomic E-state index is 0.138. The third kappa shape index (κ3) is 3.10. The van der Waals surface area contributed by atoms with Crippen molar-refractivity contribution < 1.29 is 4.74 Å². The Morgan fingerprint density at radius 2 is 1.75 bits per heavy atom. The summed E-state index contributed by atoms with van der Waals surface area (Å²) < 4.78 is 5.85. The number of benzene rings is 1. The average Bonchev–Trinajstić information content (AvgIpc) is 2.35. The number of aryl methyl sites for hydroxylation is 2. The maximum Gasteiger partial charge on any atom is 0.219 e. The zero-order chi connectivity index (χ0) is 14.9. The van der Waals surface area contributed by atoms with E-state index >= 15 is 0 Å². The van der Waals surface area contributed by atoms with Crippen LogP contribution < -0.4 is 10.5 Å². The molecule has 2 N–H and O–H groups in total. The average molecular weight is 270 g/mol. The van der Waals surface area contributed by atoms with Crippen LogP contribution in [-0.2, 0) is 5.41 Å². The van der Waals surface area contributed by atoms with Crippen LogP contribution in [0.15, 0.2) is 30.3 Å². The van der Waals surface area contributed by atoms with Crippen LogP contribution in [0, 0.1) is 13.8 Å². The molecule has 0 spiro atoms. The molecule has 3 heteroatoms.